The average molecular weight is 477 g/mol. The molecular formula is C23H21F2N9O. The van der Waals surface area contributed by atoms with E-state index in [2.05, 4.69) is 20.5 Å². The SMILES string of the molecule is Cc1nc2c(C#N)c(C(F)F)nn2c(N2CC(O)C2)c1/C=c1\ccc(N2C=CCN2)n\c1=C\C=N. The molecule has 0 saturated carbocycles. The first-order valence-corrected chi connectivity index (χ1v) is 10.8. The molecule has 2 aliphatic rings. The fourth-order valence-electron chi connectivity index (χ4n) is 4.15. The summed E-state index contributed by atoms with van der Waals surface area (Å²) >= 11 is 0. The summed E-state index contributed by atoms with van der Waals surface area (Å²) in [6.07, 6.45) is 4.81. The normalized spacial score (nSPS) is 17.0. The lowest BCUT2D eigenvalue weighted by atomic mass is 10.1. The Labute approximate surface area is 198 Å². The first-order valence-electron chi connectivity index (χ1n) is 10.8. The third kappa shape index (κ3) is 3.90. The molecule has 0 radical (unpaired) electrons. The number of anilines is 2. The number of hydrogen-bond donors (Lipinski definition) is 3. The minimum absolute atomic E-state index is 0.0421. The van der Waals surface area contributed by atoms with Crippen LogP contribution in [0, 0.1) is 23.7 Å². The number of rotatable bonds is 5. The van der Waals surface area contributed by atoms with E-state index < -0.39 is 18.2 Å². The number of pyridine rings is 1. The number of aliphatic hydroxyl groups is 1. The number of hydrazine groups is 1. The number of halogens is 2. The zero-order chi connectivity index (χ0) is 24.7. The van der Waals surface area contributed by atoms with Crippen LogP contribution >= 0.6 is 0 Å². The van der Waals surface area contributed by atoms with Crippen LogP contribution in [0.4, 0.5) is 20.4 Å². The smallest absolute Gasteiger partial charge is 0.283 e. The van der Waals surface area contributed by atoms with Crippen molar-refractivity contribution in [3.63, 3.8) is 0 Å². The molecule has 2 aliphatic heterocycles. The highest BCUT2D eigenvalue weighted by Crippen LogP contribution is 2.32. The molecule has 12 heteroatoms. The van der Waals surface area contributed by atoms with Crippen molar-refractivity contribution >= 4 is 35.6 Å². The van der Waals surface area contributed by atoms with Crippen LogP contribution in [0.25, 0.3) is 17.8 Å². The van der Waals surface area contributed by atoms with E-state index in [-0.39, 0.29) is 24.3 Å². The topological polar surface area (TPSA) is 129 Å². The molecule has 178 valence electrons. The summed E-state index contributed by atoms with van der Waals surface area (Å²) in [6.45, 7) is 2.98. The molecule has 0 aromatic carbocycles. The Kier molecular flexibility index (Phi) is 5.72. The van der Waals surface area contributed by atoms with Gasteiger partial charge in [0.15, 0.2) is 5.65 Å². The Morgan fingerprint density at radius 1 is 1.31 bits per heavy atom. The second kappa shape index (κ2) is 8.86. The Bertz CT molecular complexity index is 1520. The maximum atomic E-state index is 13.6. The summed E-state index contributed by atoms with van der Waals surface area (Å²) in [5.41, 5.74) is 3.37. The number of nitrogens with zero attached hydrogens (tertiary/aromatic N) is 7. The van der Waals surface area contributed by atoms with E-state index in [9.17, 15) is 19.1 Å². The quantitative estimate of drug-likeness (QED) is 0.454. The van der Waals surface area contributed by atoms with Crippen molar-refractivity contribution in [3.8, 4) is 6.07 Å². The van der Waals surface area contributed by atoms with Gasteiger partial charge >= 0.3 is 0 Å². The summed E-state index contributed by atoms with van der Waals surface area (Å²) in [5, 5.41) is 34.0. The molecule has 0 spiro atoms. The zero-order valence-electron chi connectivity index (χ0n) is 18.7. The zero-order valence-corrected chi connectivity index (χ0v) is 18.7. The molecule has 1 saturated heterocycles. The van der Waals surface area contributed by atoms with Gasteiger partial charge in [0.2, 0.25) is 0 Å². The molecule has 35 heavy (non-hydrogen) atoms. The van der Waals surface area contributed by atoms with Crippen LogP contribution in [0.3, 0.4) is 0 Å². The summed E-state index contributed by atoms with van der Waals surface area (Å²) in [5.74, 6) is 1.10. The minimum Gasteiger partial charge on any atom is -0.389 e. The number of aryl methyl sites for hydroxylation is 1. The van der Waals surface area contributed by atoms with Gasteiger partial charge in [-0.15, -0.1) is 0 Å². The van der Waals surface area contributed by atoms with Crippen LogP contribution in [0.5, 0.6) is 0 Å². The van der Waals surface area contributed by atoms with Gasteiger partial charge in [0.1, 0.15) is 29.0 Å². The Balaban J connectivity index is 1.77. The van der Waals surface area contributed by atoms with Crippen molar-refractivity contribution in [2.45, 2.75) is 19.5 Å². The maximum absolute atomic E-state index is 13.6. The molecule has 1 fully saturated rings. The molecule has 0 atom stereocenters. The van der Waals surface area contributed by atoms with Crippen LogP contribution in [0.1, 0.15) is 28.9 Å². The largest absolute Gasteiger partial charge is 0.389 e. The van der Waals surface area contributed by atoms with Gasteiger partial charge in [-0.05, 0) is 31.2 Å². The molecular weight excluding hydrogens is 456 g/mol. The average Bonchev–Trinajstić information content (AvgIpc) is 3.47. The molecule has 5 heterocycles. The lowest BCUT2D eigenvalue weighted by molar-refractivity contribution is 0.139. The van der Waals surface area contributed by atoms with E-state index >= 15 is 0 Å². The number of nitriles is 1. The van der Waals surface area contributed by atoms with Crippen LogP contribution in [0.15, 0.2) is 24.4 Å². The van der Waals surface area contributed by atoms with Gasteiger partial charge in [0.25, 0.3) is 6.43 Å². The van der Waals surface area contributed by atoms with E-state index in [0.29, 0.717) is 40.0 Å². The molecule has 10 nitrogen and oxygen atoms in total. The van der Waals surface area contributed by atoms with Crippen molar-refractivity contribution in [1.29, 1.82) is 10.7 Å². The molecule has 3 aromatic heterocycles. The standard InChI is InChI=1S/C23H21F2N9O/c1-13-16(9-14-3-4-19(30-18(14)5-6-26)33-8-2-7-28-33)23(32-11-15(35)12-32)34-22(29-13)17(10-27)20(31-34)21(24)25/h2-6,8-9,15,21,26,28,35H,7,11-12H2,1H3/b14-9+,18-5+,26-6?. The van der Waals surface area contributed by atoms with Gasteiger partial charge in [-0.2, -0.15) is 14.9 Å². The monoisotopic (exact) mass is 477 g/mol. The van der Waals surface area contributed by atoms with Crippen molar-refractivity contribution in [1.82, 2.24) is 25.0 Å². The second-order valence-electron chi connectivity index (χ2n) is 8.14. The Morgan fingerprint density at radius 3 is 2.74 bits per heavy atom. The summed E-state index contributed by atoms with van der Waals surface area (Å²) in [6, 6.07) is 5.47. The van der Waals surface area contributed by atoms with E-state index in [1.807, 2.05) is 29.3 Å². The third-order valence-corrected chi connectivity index (χ3v) is 5.84. The molecule has 0 bridgehead atoms. The van der Waals surface area contributed by atoms with Crippen LogP contribution in [0.2, 0.25) is 0 Å². The van der Waals surface area contributed by atoms with Gasteiger partial charge < -0.3 is 15.4 Å². The van der Waals surface area contributed by atoms with Gasteiger partial charge in [-0.25, -0.2) is 24.2 Å². The number of nitrogens with one attached hydrogen (secondary N) is 2. The van der Waals surface area contributed by atoms with Gasteiger partial charge in [0.05, 0.1) is 17.1 Å². The van der Waals surface area contributed by atoms with Crippen LogP contribution < -0.4 is 25.9 Å². The highest BCUT2D eigenvalue weighted by Gasteiger charge is 2.32. The predicted molar refractivity (Wildman–Crippen MR) is 126 cm³/mol. The number of aromatic nitrogens is 4. The van der Waals surface area contributed by atoms with Gasteiger partial charge in [-0.3, -0.25) is 5.01 Å². The molecule has 0 aliphatic carbocycles. The van der Waals surface area contributed by atoms with E-state index in [4.69, 9.17) is 5.41 Å². The highest BCUT2D eigenvalue weighted by atomic mass is 19.3. The second-order valence-corrected chi connectivity index (χ2v) is 8.14. The van der Waals surface area contributed by atoms with Crippen LogP contribution in [-0.2, 0) is 0 Å². The summed E-state index contributed by atoms with van der Waals surface area (Å²) < 4.78 is 28.5. The Hall–Kier alpha value is -4.21. The lowest BCUT2D eigenvalue weighted by Gasteiger charge is -2.38. The van der Waals surface area contributed by atoms with E-state index in [1.165, 1.54) is 4.52 Å². The molecule has 3 aromatic rings. The lowest BCUT2D eigenvalue weighted by Crippen LogP contribution is -2.52. The maximum Gasteiger partial charge on any atom is 0.283 e. The number of β-amino-alcohol motifs (C(OH)–C–C–N with tert-alkyl or cyclic N) is 1. The molecule has 3 N–H and O–H groups in total. The summed E-state index contributed by atoms with van der Waals surface area (Å²) in [4.78, 5) is 10.9. The number of fused-ring (bicyclic) bond motifs is 1. The third-order valence-electron chi connectivity index (χ3n) is 5.84. The van der Waals surface area contributed by atoms with Crippen molar-refractivity contribution < 1.29 is 13.9 Å². The van der Waals surface area contributed by atoms with Crippen LogP contribution in [-0.4, -0.2) is 56.6 Å². The Morgan fingerprint density at radius 2 is 2.11 bits per heavy atom. The number of alkyl halides is 2. The predicted octanol–water partition coefficient (Wildman–Crippen LogP) is 0.520. The van der Waals surface area contributed by atoms with Crippen molar-refractivity contribution in [2.75, 3.05) is 29.5 Å². The highest BCUT2D eigenvalue weighted by molar-refractivity contribution is 5.88. The van der Waals surface area contributed by atoms with E-state index in [0.717, 1.165) is 6.21 Å². The number of hydrogen-bond acceptors (Lipinski definition) is 9. The minimum atomic E-state index is -2.94. The van der Waals surface area contributed by atoms with Gasteiger partial charge in [-0.1, -0.05) is 6.08 Å². The van der Waals surface area contributed by atoms with Gasteiger partial charge in [0, 0.05) is 42.8 Å². The number of aliphatic hydroxyl groups excluding tert-OH is 1. The first-order chi connectivity index (χ1) is 16.9. The molecule has 0 unspecified atom stereocenters. The fourth-order valence-corrected chi connectivity index (χ4v) is 4.15. The first kappa shape index (κ1) is 22.6. The van der Waals surface area contributed by atoms with E-state index in [1.54, 1.807) is 30.2 Å². The summed E-state index contributed by atoms with van der Waals surface area (Å²) in [7, 11) is 0. The fraction of sp³-hybridized carbons (Fsp3) is 0.261. The molecule has 0 amide bonds. The molecule has 5 rings (SSSR count). The van der Waals surface area contributed by atoms with Crippen molar-refractivity contribution in [3.05, 3.63) is 57.5 Å². The van der Waals surface area contributed by atoms with Crippen molar-refractivity contribution in [2.24, 2.45) is 0 Å².